The van der Waals surface area contributed by atoms with Crippen molar-refractivity contribution in [3.05, 3.63) is 41.6 Å². The van der Waals surface area contributed by atoms with E-state index in [2.05, 4.69) is 10.3 Å². The van der Waals surface area contributed by atoms with Gasteiger partial charge in [-0.15, -0.1) is 0 Å². The van der Waals surface area contributed by atoms with Crippen molar-refractivity contribution < 1.29 is 32.2 Å². The van der Waals surface area contributed by atoms with E-state index in [9.17, 15) is 22.8 Å². The van der Waals surface area contributed by atoms with E-state index < -0.39 is 17.8 Å². The number of amides is 3. The zero-order valence-corrected chi connectivity index (χ0v) is 16.7. The van der Waals surface area contributed by atoms with Gasteiger partial charge in [0.25, 0.3) is 0 Å². The summed E-state index contributed by atoms with van der Waals surface area (Å²) in [5.74, 6) is 0.385. The number of ether oxygens (including phenoxy) is 2. The Morgan fingerprint density at radius 2 is 2.06 bits per heavy atom. The fourth-order valence-electron chi connectivity index (χ4n) is 3.50. The highest BCUT2D eigenvalue weighted by atomic mass is 19.4. The van der Waals surface area contributed by atoms with Crippen molar-refractivity contribution in [1.82, 2.24) is 14.8 Å². The Labute approximate surface area is 175 Å². The number of nitrogens with zero attached hydrogens (tertiary/aromatic N) is 3. The molecule has 2 aromatic rings. The number of likely N-dealkylation sites (N-methyl/N-ethyl adjacent to an activating group) is 2. The molecule has 3 amide bonds. The maximum Gasteiger partial charge on any atom is 0.417 e. The molecule has 0 saturated carbocycles. The van der Waals surface area contributed by atoms with Crippen LogP contribution in [-0.4, -0.2) is 60.0 Å². The van der Waals surface area contributed by atoms with Crippen molar-refractivity contribution in [2.75, 3.05) is 32.6 Å². The summed E-state index contributed by atoms with van der Waals surface area (Å²) in [6.07, 6.45) is -3.21. The predicted octanol–water partition coefficient (Wildman–Crippen LogP) is 3.13. The minimum absolute atomic E-state index is 0.0214. The molecule has 2 aliphatic heterocycles. The van der Waals surface area contributed by atoms with Gasteiger partial charge in [0, 0.05) is 44.4 Å². The Balaban J connectivity index is 1.56. The Morgan fingerprint density at radius 3 is 2.68 bits per heavy atom. The number of carbonyl (C=O) groups excluding carboxylic acids is 2. The van der Waals surface area contributed by atoms with E-state index in [4.69, 9.17) is 9.47 Å². The monoisotopic (exact) mass is 436 g/mol. The molecule has 31 heavy (non-hydrogen) atoms. The molecular weight excluding hydrogens is 417 g/mol. The number of rotatable bonds is 4. The number of aromatic nitrogens is 1. The van der Waals surface area contributed by atoms with E-state index in [0.717, 1.165) is 17.7 Å². The van der Waals surface area contributed by atoms with Crippen LogP contribution in [0.4, 0.5) is 23.7 Å². The number of pyridine rings is 1. The van der Waals surface area contributed by atoms with Gasteiger partial charge in [0.15, 0.2) is 0 Å². The fraction of sp³-hybridized carbons (Fsp3) is 0.350. The van der Waals surface area contributed by atoms with E-state index >= 15 is 0 Å². The molecule has 0 spiro atoms. The molecule has 11 heteroatoms. The van der Waals surface area contributed by atoms with Gasteiger partial charge in [-0.2, -0.15) is 13.2 Å². The standard InChI is InChI=1S/C20H19F3N4O4/c1-26-10-15(27(2)19(26)29)18(28)25-14-8-13(7-11-5-6-30-17(11)14)31-16-4-3-12(9-24-16)20(21,22)23/h3-4,7-9,15H,5-6,10H2,1-2H3,(H,25,28)/t15-/m0/s1. The fourth-order valence-corrected chi connectivity index (χ4v) is 3.50. The van der Waals surface area contributed by atoms with Gasteiger partial charge in [-0.1, -0.05) is 0 Å². The number of fused-ring (bicyclic) bond motifs is 1. The lowest BCUT2D eigenvalue weighted by molar-refractivity contribution is -0.137. The van der Waals surface area contributed by atoms with Gasteiger partial charge in [-0.05, 0) is 12.1 Å². The number of anilines is 1. The average Bonchev–Trinajstić information content (AvgIpc) is 3.28. The third kappa shape index (κ3) is 4.07. The van der Waals surface area contributed by atoms with E-state index in [1.807, 2.05) is 0 Å². The number of nitrogens with one attached hydrogen (secondary N) is 1. The molecule has 1 fully saturated rings. The second-order valence-corrected chi connectivity index (χ2v) is 7.32. The smallest absolute Gasteiger partial charge is 0.417 e. The molecule has 1 aromatic carbocycles. The molecule has 3 heterocycles. The van der Waals surface area contributed by atoms with Crippen LogP contribution < -0.4 is 14.8 Å². The summed E-state index contributed by atoms with van der Waals surface area (Å²) in [5, 5.41) is 2.78. The quantitative estimate of drug-likeness (QED) is 0.796. The summed E-state index contributed by atoms with van der Waals surface area (Å²) in [4.78, 5) is 31.2. The van der Waals surface area contributed by atoms with Crippen LogP contribution >= 0.6 is 0 Å². The van der Waals surface area contributed by atoms with Crippen LogP contribution in [0.25, 0.3) is 0 Å². The first kappa shape index (κ1) is 20.8. The zero-order chi connectivity index (χ0) is 22.3. The maximum absolute atomic E-state index is 12.8. The summed E-state index contributed by atoms with van der Waals surface area (Å²) in [6.45, 7) is 0.667. The summed E-state index contributed by atoms with van der Waals surface area (Å²) in [7, 11) is 3.16. The molecule has 0 unspecified atom stereocenters. The largest absolute Gasteiger partial charge is 0.491 e. The lowest BCUT2D eigenvalue weighted by atomic mass is 10.1. The molecule has 4 rings (SSSR count). The number of urea groups is 1. The van der Waals surface area contributed by atoms with Crippen molar-refractivity contribution in [3.63, 3.8) is 0 Å². The first-order valence-corrected chi connectivity index (χ1v) is 9.43. The molecule has 1 aromatic heterocycles. The summed E-state index contributed by atoms with van der Waals surface area (Å²) < 4.78 is 49.4. The topological polar surface area (TPSA) is 84.0 Å². The van der Waals surface area contributed by atoms with Gasteiger partial charge in [0.2, 0.25) is 11.8 Å². The molecule has 1 saturated heterocycles. The Morgan fingerprint density at radius 1 is 1.29 bits per heavy atom. The minimum Gasteiger partial charge on any atom is -0.491 e. The van der Waals surface area contributed by atoms with Gasteiger partial charge in [-0.3, -0.25) is 4.79 Å². The normalized spacial score (nSPS) is 18.1. The van der Waals surface area contributed by atoms with Crippen molar-refractivity contribution in [1.29, 1.82) is 0 Å². The van der Waals surface area contributed by atoms with Gasteiger partial charge >= 0.3 is 12.2 Å². The van der Waals surface area contributed by atoms with Gasteiger partial charge in [-0.25, -0.2) is 9.78 Å². The summed E-state index contributed by atoms with van der Waals surface area (Å²) >= 11 is 0. The third-order valence-electron chi connectivity index (χ3n) is 5.15. The second-order valence-electron chi connectivity index (χ2n) is 7.32. The average molecular weight is 436 g/mol. The number of hydrogen-bond acceptors (Lipinski definition) is 5. The summed E-state index contributed by atoms with van der Waals surface area (Å²) in [6, 6.07) is 4.28. The first-order chi connectivity index (χ1) is 14.6. The second kappa shape index (κ2) is 7.64. The van der Waals surface area contributed by atoms with Crippen LogP contribution in [0.15, 0.2) is 30.5 Å². The molecule has 0 bridgehead atoms. The molecule has 164 valence electrons. The van der Waals surface area contributed by atoms with Crippen LogP contribution in [0.1, 0.15) is 11.1 Å². The SMILES string of the molecule is CN1C[C@@H](C(=O)Nc2cc(Oc3ccc(C(F)(F)F)cn3)cc3c2OCC3)N(C)C1=O. The molecular formula is C20H19F3N4O4. The summed E-state index contributed by atoms with van der Waals surface area (Å²) in [5.41, 5.74) is 0.264. The van der Waals surface area contributed by atoms with Gasteiger partial charge in [0.05, 0.1) is 24.4 Å². The van der Waals surface area contributed by atoms with Crippen LogP contribution in [0, 0.1) is 0 Å². The zero-order valence-electron chi connectivity index (χ0n) is 16.7. The van der Waals surface area contributed by atoms with Crippen molar-refractivity contribution in [2.45, 2.75) is 18.6 Å². The first-order valence-electron chi connectivity index (χ1n) is 9.43. The number of hydrogen-bond donors (Lipinski definition) is 1. The van der Waals surface area contributed by atoms with Crippen LogP contribution in [0.2, 0.25) is 0 Å². The third-order valence-corrected chi connectivity index (χ3v) is 5.15. The molecule has 1 atom stereocenters. The highest BCUT2D eigenvalue weighted by Crippen LogP contribution is 2.39. The van der Waals surface area contributed by atoms with E-state index in [1.165, 1.54) is 15.9 Å². The van der Waals surface area contributed by atoms with Crippen LogP contribution in [0.5, 0.6) is 17.4 Å². The lowest BCUT2D eigenvalue weighted by Crippen LogP contribution is -2.40. The highest BCUT2D eigenvalue weighted by Gasteiger charge is 2.37. The van der Waals surface area contributed by atoms with Crippen molar-refractivity contribution in [2.24, 2.45) is 0 Å². The van der Waals surface area contributed by atoms with Crippen LogP contribution in [0.3, 0.4) is 0 Å². The minimum atomic E-state index is -4.49. The molecule has 8 nitrogen and oxygen atoms in total. The van der Waals surface area contributed by atoms with Gasteiger partial charge in [0.1, 0.15) is 17.5 Å². The Kier molecular flexibility index (Phi) is 5.11. The Bertz CT molecular complexity index is 1030. The van der Waals surface area contributed by atoms with E-state index in [-0.39, 0.29) is 24.4 Å². The van der Waals surface area contributed by atoms with E-state index in [1.54, 1.807) is 20.2 Å². The van der Waals surface area contributed by atoms with Crippen molar-refractivity contribution >= 4 is 17.6 Å². The lowest BCUT2D eigenvalue weighted by Gasteiger charge is -2.19. The number of carbonyl (C=O) groups is 2. The van der Waals surface area contributed by atoms with Crippen molar-refractivity contribution in [3.8, 4) is 17.4 Å². The number of halogens is 3. The Hall–Kier alpha value is -3.50. The highest BCUT2D eigenvalue weighted by molar-refractivity contribution is 6.00. The number of alkyl halides is 3. The van der Waals surface area contributed by atoms with E-state index in [0.29, 0.717) is 36.4 Å². The molecule has 2 aliphatic rings. The molecule has 0 radical (unpaired) electrons. The molecule has 1 N–H and O–H groups in total. The maximum atomic E-state index is 12.8. The van der Waals surface area contributed by atoms with Crippen LogP contribution in [-0.2, 0) is 17.4 Å². The predicted molar refractivity (Wildman–Crippen MR) is 103 cm³/mol. The molecule has 0 aliphatic carbocycles. The van der Waals surface area contributed by atoms with Gasteiger partial charge < -0.3 is 24.6 Å². The number of benzene rings is 1.